The van der Waals surface area contributed by atoms with Crippen LogP contribution in [-0.2, 0) is 11.8 Å². The number of carbonyl (C=O) groups is 2. The molecular formula is C20H19ClFN5O2S. The van der Waals surface area contributed by atoms with Gasteiger partial charge in [-0.2, -0.15) is 0 Å². The molecule has 1 heterocycles. The van der Waals surface area contributed by atoms with Gasteiger partial charge in [-0.3, -0.25) is 9.59 Å². The first-order valence-electron chi connectivity index (χ1n) is 8.98. The van der Waals surface area contributed by atoms with Crippen molar-refractivity contribution in [2.24, 2.45) is 7.05 Å². The van der Waals surface area contributed by atoms with E-state index >= 15 is 0 Å². The lowest BCUT2D eigenvalue weighted by molar-refractivity contribution is -0.113. The Hall–Kier alpha value is -2.91. The summed E-state index contributed by atoms with van der Waals surface area (Å²) in [5.74, 6) is -0.721. The zero-order chi connectivity index (χ0) is 21.7. The number of halogens is 2. The lowest BCUT2D eigenvalue weighted by atomic mass is 10.2. The number of benzene rings is 2. The van der Waals surface area contributed by atoms with Crippen molar-refractivity contribution in [1.82, 2.24) is 20.1 Å². The van der Waals surface area contributed by atoms with Crippen LogP contribution in [0.1, 0.15) is 29.1 Å². The molecule has 0 bridgehead atoms. The van der Waals surface area contributed by atoms with Crippen molar-refractivity contribution in [3.63, 3.8) is 0 Å². The van der Waals surface area contributed by atoms with Gasteiger partial charge in [0.25, 0.3) is 5.91 Å². The Kier molecular flexibility index (Phi) is 7.07. The Labute approximate surface area is 182 Å². The van der Waals surface area contributed by atoms with Crippen molar-refractivity contribution in [3.05, 3.63) is 70.8 Å². The highest BCUT2D eigenvalue weighted by Crippen LogP contribution is 2.20. The standard InChI is InChI=1S/C20H19ClFN5O2S/c1-12(23-19(29)15-5-3-4-6-16(15)22)18-25-26-20(27(18)2)30-11-17(28)24-14-9-7-13(21)8-10-14/h3-10,12H,11H2,1-2H3,(H,23,29)(H,24,28)/t12-/m1/s1. The molecule has 0 spiro atoms. The van der Waals surface area contributed by atoms with E-state index in [4.69, 9.17) is 11.6 Å². The van der Waals surface area contributed by atoms with Crippen molar-refractivity contribution in [2.75, 3.05) is 11.1 Å². The Morgan fingerprint density at radius 3 is 2.57 bits per heavy atom. The molecule has 1 aromatic heterocycles. The molecule has 2 aromatic carbocycles. The highest BCUT2D eigenvalue weighted by Gasteiger charge is 2.20. The summed E-state index contributed by atoms with van der Waals surface area (Å²) in [5.41, 5.74) is 0.605. The van der Waals surface area contributed by atoms with Gasteiger partial charge in [0.15, 0.2) is 11.0 Å². The van der Waals surface area contributed by atoms with Crippen LogP contribution in [0.3, 0.4) is 0 Å². The van der Waals surface area contributed by atoms with E-state index < -0.39 is 17.8 Å². The van der Waals surface area contributed by atoms with Crippen molar-refractivity contribution in [1.29, 1.82) is 0 Å². The molecule has 2 N–H and O–H groups in total. The van der Waals surface area contributed by atoms with Gasteiger partial charge in [-0.25, -0.2) is 4.39 Å². The van der Waals surface area contributed by atoms with Gasteiger partial charge < -0.3 is 15.2 Å². The normalized spacial score (nSPS) is 11.7. The van der Waals surface area contributed by atoms with Gasteiger partial charge in [-0.1, -0.05) is 35.5 Å². The van der Waals surface area contributed by atoms with Gasteiger partial charge >= 0.3 is 0 Å². The van der Waals surface area contributed by atoms with Crippen LogP contribution in [0.5, 0.6) is 0 Å². The Morgan fingerprint density at radius 1 is 1.17 bits per heavy atom. The molecular weight excluding hydrogens is 429 g/mol. The number of nitrogens with one attached hydrogen (secondary N) is 2. The summed E-state index contributed by atoms with van der Waals surface area (Å²) >= 11 is 7.04. The molecule has 0 fully saturated rings. The van der Waals surface area contributed by atoms with Gasteiger partial charge in [-0.05, 0) is 43.3 Å². The van der Waals surface area contributed by atoms with E-state index in [0.29, 0.717) is 21.7 Å². The maximum Gasteiger partial charge on any atom is 0.254 e. The first kappa shape index (κ1) is 21.8. The molecule has 7 nitrogen and oxygen atoms in total. The minimum atomic E-state index is -0.594. The van der Waals surface area contributed by atoms with E-state index in [1.165, 1.54) is 30.0 Å². The predicted molar refractivity (Wildman–Crippen MR) is 114 cm³/mol. The predicted octanol–water partition coefficient (Wildman–Crippen LogP) is 3.83. The van der Waals surface area contributed by atoms with Crippen LogP contribution in [0.15, 0.2) is 53.7 Å². The van der Waals surface area contributed by atoms with E-state index in [9.17, 15) is 14.0 Å². The Bertz CT molecular complexity index is 1060. The largest absolute Gasteiger partial charge is 0.342 e. The number of anilines is 1. The van der Waals surface area contributed by atoms with Crippen LogP contribution < -0.4 is 10.6 Å². The Balaban J connectivity index is 1.58. The molecule has 2 amide bonds. The SMILES string of the molecule is C[C@@H](NC(=O)c1ccccc1F)c1nnc(SCC(=O)Nc2ccc(Cl)cc2)n1C. The molecule has 1 atom stereocenters. The molecule has 10 heteroatoms. The van der Waals surface area contributed by atoms with Crippen LogP contribution >= 0.6 is 23.4 Å². The molecule has 3 rings (SSSR count). The van der Waals surface area contributed by atoms with Crippen LogP contribution in [0.25, 0.3) is 0 Å². The van der Waals surface area contributed by atoms with Crippen LogP contribution in [-0.4, -0.2) is 32.3 Å². The minimum absolute atomic E-state index is 0.0417. The van der Waals surface area contributed by atoms with E-state index in [-0.39, 0.29) is 17.2 Å². The van der Waals surface area contributed by atoms with Gasteiger partial charge in [0.2, 0.25) is 5.91 Å². The smallest absolute Gasteiger partial charge is 0.254 e. The summed E-state index contributed by atoms with van der Waals surface area (Å²) in [6.07, 6.45) is 0. The van der Waals surface area contributed by atoms with Crippen molar-refractivity contribution in [2.45, 2.75) is 18.1 Å². The number of nitrogens with zero attached hydrogens (tertiary/aromatic N) is 3. The summed E-state index contributed by atoms with van der Waals surface area (Å²) in [6, 6.07) is 12.1. The number of carbonyl (C=O) groups excluding carboxylic acids is 2. The van der Waals surface area contributed by atoms with E-state index in [2.05, 4.69) is 20.8 Å². The van der Waals surface area contributed by atoms with Gasteiger partial charge in [0.05, 0.1) is 17.4 Å². The molecule has 0 aliphatic rings. The molecule has 0 saturated heterocycles. The molecule has 0 aliphatic carbocycles. The topological polar surface area (TPSA) is 88.9 Å². The average Bonchev–Trinajstić information content (AvgIpc) is 3.09. The molecule has 156 valence electrons. The summed E-state index contributed by atoms with van der Waals surface area (Å²) in [6.45, 7) is 1.73. The summed E-state index contributed by atoms with van der Waals surface area (Å²) < 4.78 is 15.5. The van der Waals surface area contributed by atoms with Gasteiger partial charge in [0, 0.05) is 17.8 Å². The van der Waals surface area contributed by atoms with Crippen molar-refractivity contribution in [3.8, 4) is 0 Å². The van der Waals surface area contributed by atoms with E-state index in [1.807, 2.05) is 0 Å². The molecule has 30 heavy (non-hydrogen) atoms. The van der Waals surface area contributed by atoms with Gasteiger partial charge in [-0.15, -0.1) is 10.2 Å². The second kappa shape index (κ2) is 9.73. The first-order valence-corrected chi connectivity index (χ1v) is 10.3. The third-order valence-corrected chi connectivity index (χ3v) is 5.45. The van der Waals surface area contributed by atoms with Crippen molar-refractivity contribution >= 4 is 40.9 Å². The number of aromatic nitrogens is 3. The number of hydrogen-bond donors (Lipinski definition) is 2. The second-order valence-electron chi connectivity index (χ2n) is 6.42. The second-order valence-corrected chi connectivity index (χ2v) is 7.80. The summed E-state index contributed by atoms with van der Waals surface area (Å²) in [5, 5.41) is 14.8. The zero-order valence-electron chi connectivity index (χ0n) is 16.2. The maximum absolute atomic E-state index is 13.8. The fraction of sp³-hybridized carbons (Fsp3) is 0.200. The lowest BCUT2D eigenvalue weighted by Gasteiger charge is -2.14. The first-order chi connectivity index (χ1) is 14.3. The summed E-state index contributed by atoms with van der Waals surface area (Å²) in [4.78, 5) is 24.4. The minimum Gasteiger partial charge on any atom is -0.342 e. The summed E-state index contributed by atoms with van der Waals surface area (Å²) in [7, 11) is 1.74. The third-order valence-electron chi connectivity index (χ3n) is 4.18. The highest BCUT2D eigenvalue weighted by molar-refractivity contribution is 7.99. The number of rotatable bonds is 7. The van der Waals surface area contributed by atoms with Gasteiger partial charge in [0.1, 0.15) is 5.82 Å². The third kappa shape index (κ3) is 5.37. The zero-order valence-corrected chi connectivity index (χ0v) is 17.8. The maximum atomic E-state index is 13.8. The molecule has 0 saturated carbocycles. The fourth-order valence-electron chi connectivity index (χ4n) is 2.67. The number of hydrogen-bond acceptors (Lipinski definition) is 5. The molecule has 0 aliphatic heterocycles. The lowest BCUT2D eigenvalue weighted by Crippen LogP contribution is -2.29. The van der Waals surface area contributed by atoms with Crippen LogP contribution in [0, 0.1) is 5.82 Å². The van der Waals surface area contributed by atoms with E-state index in [0.717, 1.165) is 0 Å². The number of amides is 2. The molecule has 0 unspecified atom stereocenters. The van der Waals surface area contributed by atoms with Crippen LogP contribution in [0.2, 0.25) is 5.02 Å². The number of thioether (sulfide) groups is 1. The molecule has 3 aromatic rings. The Morgan fingerprint density at radius 2 is 1.87 bits per heavy atom. The fourth-order valence-corrected chi connectivity index (χ4v) is 3.52. The average molecular weight is 448 g/mol. The van der Waals surface area contributed by atoms with Crippen LogP contribution in [0.4, 0.5) is 10.1 Å². The molecule has 0 radical (unpaired) electrons. The quantitative estimate of drug-likeness (QED) is 0.537. The van der Waals surface area contributed by atoms with Crippen molar-refractivity contribution < 1.29 is 14.0 Å². The monoisotopic (exact) mass is 447 g/mol. The highest BCUT2D eigenvalue weighted by atomic mass is 35.5. The van der Waals surface area contributed by atoms with E-state index in [1.54, 1.807) is 48.9 Å².